The summed E-state index contributed by atoms with van der Waals surface area (Å²) in [5, 5.41) is 3.54. The van der Waals surface area contributed by atoms with E-state index < -0.39 is 0 Å². The standard InChI is InChI=1S/C23H22ClNO2/c1-17(26)25-13-12-19-10-11-22(27-16-18-6-3-2-4-7-18)15-23(19)20-8-5-9-21(24)14-20/h2-11,14-15H,12-13,16H2,1H3,(H,25,26). The molecule has 138 valence electrons. The summed E-state index contributed by atoms with van der Waals surface area (Å²) >= 11 is 6.19. The molecule has 0 aromatic heterocycles. The first-order valence-electron chi connectivity index (χ1n) is 8.92. The number of benzene rings is 3. The molecule has 0 aliphatic carbocycles. The Kier molecular flexibility index (Phi) is 6.50. The smallest absolute Gasteiger partial charge is 0.216 e. The van der Waals surface area contributed by atoms with E-state index in [-0.39, 0.29) is 5.91 Å². The van der Waals surface area contributed by atoms with Crippen molar-refractivity contribution >= 4 is 17.5 Å². The summed E-state index contributed by atoms with van der Waals surface area (Å²) in [6.45, 7) is 2.63. The molecule has 3 nitrogen and oxygen atoms in total. The van der Waals surface area contributed by atoms with Gasteiger partial charge in [0.2, 0.25) is 5.91 Å². The van der Waals surface area contributed by atoms with E-state index in [1.54, 1.807) is 0 Å². The van der Waals surface area contributed by atoms with Gasteiger partial charge in [-0.3, -0.25) is 4.79 Å². The second kappa shape index (κ2) is 9.24. The van der Waals surface area contributed by atoms with Crippen molar-refractivity contribution in [1.29, 1.82) is 0 Å². The molecule has 1 N–H and O–H groups in total. The lowest BCUT2D eigenvalue weighted by Crippen LogP contribution is -2.22. The minimum Gasteiger partial charge on any atom is -0.489 e. The number of nitrogens with one attached hydrogen (secondary N) is 1. The zero-order valence-electron chi connectivity index (χ0n) is 15.2. The first kappa shape index (κ1) is 19.0. The van der Waals surface area contributed by atoms with Gasteiger partial charge in [-0.15, -0.1) is 0 Å². The van der Waals surface area contributed by atoms with Gasteiger partial charge in [0, 0.05) is 18.5 Å². The molecule has 0 saturated carbocycles. The maximum Gasteiger partial charge on any atom is 0.216 e. The first-order valence-corrected chi connectivity index (χ1v) is 9.29. The summed E-state index contributed by atoms with van der Waals surface area (Å²) in [6.07, 6.45) is 0.736. The molecule has 4 heteroatoms. The normalized spacial score (nSPS) is 10.4. The van der Waals surface area contributed by atoms with E-state index >= 15 is 0 Å². The van der Waals surface area contributed by atoms with E-state index in [9.17, 15) is 4.79 Å². The predicted molar refractivity (Wildman–Crippen MR) is 110 cm³/mol. The van der Waals surface area contributed by atoms with Crippen molar-refractivity contribution in [3.63, 3.8) is 0 Å². The van der Waals surface area contributed by atoms with Gasteiger partial charge in [0.25, 0.3) is 0 Å². The Labute approximate surface area is 164 Å². The van der Waals surface area contributed by atoms with E-state index in [2.05, 4.69) is 11.4 Å². The van der Waals surface area contributed by atoms with Crippen molar-refractivity contribution in [3.05, 3.63) is 88.9 Å². The molecule has 0 radical (unpaired) electrons. The number of rotatable bonds is 7. The number of ether oxygens (including phenoxy) is 1. The Morgan fingerprint density at radius 2 is 1.81 bits per heavy atom. The SMILES string of the molecule is CC(=O)NCCc1ccc(OCc2ccccc2)cc1-c1cccc(Cl)c1. The van der Waals surface area contributed by atoms with E-state index in [0.717, 1.165) is 34.4 Å². The van der Waals surface area contributed by atoms with E-state index in [4.69, 9.17) is 16.3 Å². The monoisotopic (exact) mass is 379 g/mol. The Balaban J connectivity index is 1.84. The maximum absolute atomic E-state index is 11.2. The first-order chi connectivity index (χ1) is 13.1. The molecule has 3 aromatic carbocycles. The minimum atomic E-state index is -0.0258. The zero-order valence-corrected chi connectivity index (χ0v) is 16.0. The van der Waals surface area contributed by atoms with Gasteiger partial charge in [-0.25, -0.2) is 0 Å². The molecule has 0 aliphatic rings. The molecule has 0 bridgehead atoms. The molecule has 0 heterocycles. The average molecular weight is 380 g/mol. The minimum absolute atomic E-state index is 0.0258. The second-order valence-electron chi connectivity index (χ2n) is 6.34. The van der Waals surface area contributed by atoms with Gasteiger partial charge in [0.15, 0.2) is 0 Å². The van der Waals surface area contributed by atoms with Crippen LogP contribution in [0.1, 0.15) is 18.1 Å². The molecule has 0 unspecified atom stereocenters. The van der Waals surface area contributed by atoms with Crippen LogP contribution in [0.4, 0.5) is 0 Å². The van der Waals surface area contributed by atoms with Crippen LogP contribution in [0.25, 0.3) is 11.1 Å². The number of amides is 1. The summed E-state index contributed by atoms with van der Waals surface area (Å²) in [5.74, 6) is 0.777. The topological polar surface area (TPSA) is 38.3 Å². The molecule has 0 spiro atoms. The number of hydrogen-bond acceptors (Lipinski definition) is 2. The summed E-state index contributed by atoms with van der Waals surface area (Å²) in [5.41, 5.74) is 4.36. The van der Waals surface area contributed by atoms with Crippen LogP contribution in [-0.2, 0) is 17.8 Å². The highest BCUT2D eigenvalue weighted by molar-refractivity contribution is 6.30. The van der Waals surface area contributed by atoms with Crippen molar-refractivity contribution < 1.29 is 9.53 Å². The van der Waals surface area contributed by atoms with Crippen LogP contribution in [0.15, 0.2) is 72.8 Å². The van der Waals surface area contributed by atoms with Gasteiger partial charge in [-0.1, -0.05) is 60.1 Å². The fraction of sp³-hybridized carbons (Fsp3) is 0.174. The van der Waals surface area contributed by atoms with Crippen LogP contribution in [-0.4, -0.2) is 12.5 Å². The van der Waals surface area contributed by atoms with Gasteiger partial charge in [0.1, 0.15) is 12.4 Å². The average Bonchev–Trinajstić information content (AvgIpc) is 2.67. The van der Waals surface area contributed by atoms with Crippen LogP contribution in [0.3, 0.4) is 0 Å². The fourth-order valence-electron chi connectivity index (χ4n) is 2.90. The summed E-state index contributed by atoms with van der Waals surface area (Å²) in [4.78, 5) is 11.2. The van der Waals surface area contributed by atoms with Gasteiger partial charge in [0.05, 0.1) is 0 Å². The molecule has 3 rings (SSSR count). The number of carbonyl (C=O) groups excluding carboxylic acids is 1. The quantitative estimate of drug-likeness (QED) is 0.607. The van der Waals surface area contributed by atoms with Gasteiger partial charge in [-0.2, -0.15) is 0 Å². The molecular formula is C23H22ClNO2. The predicted octanol–water partition coefficient (Wildman–Crippen LogP) is 5.26. The Morgan fingerprint density at radius 1 is 1.00 bits per heavy atom. The molecular weight excluding hydrogens is 358 g/mol. The van der Waals surface area contributed by atoms with Gasteiger partial charge < -0.3 is 10.1 Å². The van der Waals surface area contributed by atoms with E-state index in [1.807, 2.05) is 66.7 Å². The fourth-order valence-corrected chi connectivity index (χ4v) is 3.09. The highest BCUT2D eigenvalue weighted by Gasteiger charge is 2.09. The summed E-state index contributed by atoms with van der Waals surface area (Å²) in [6, 6.07) is 23.9. The Hall–Kier alpha value is -2.78. The van der Waals surface area contributed by atoms with Gasteiger partial charge >= 0.3 is 0 Å². The molecule has 0 aliphatic heterocycles. The van der Waals surface area contributed by atoms with E-state index in [0.29, 0.717) is 18.2 Å². The maximum atomic E-state index is 11.2. The van der Waals surface area contributed by atoms with Crippen LogP contribution in [0, 0.1) is 0 Å². The van der Waals surface area contributed by atoms with Crippen LogP contribution >= 0.6 is 11.6 Å². The zero-order chi connectivity index (χ0) is 19.1. The molecule has 0 saturated heterocycles. The van der Waals surface area contributed by atoms with Crippen LogP contribution in [0.2, 0.25) is 5.02 Å². The molecule has 1 amide bonds. The highest BCUT2D eigenvalue weighted by Crippen LogP contribution is 2.30. The lowest BCUT2D eigenvalue weighted by molar-refractivity contribution is -0.118. The van der Waals surface area contributed by atoms with E-state index in [1.165, 1.54) is 6.92 Å². The van der Waals surface area contributed by atoms with Crippen molar-refractivity contribution in [3.8, 4) is 16.9 Å². The third-order valence-electron chi connectivity index (χ3n) is 4.23. The molecule has 27 heavy (non-hydrogen) atoms. The molecule has 0 fully saturated rings. The summed E-state index contributed by atoms with van der Waals surface area (Å²) < 4.78 is 5.98. The van der Waals surface area contributed by atoms with Gasteiger partial charge in [-0.05, 0) is 52.9 Å². The van der Waals surface area contributed by atoms with Crippen molar-refractivity contribution in [2.75, 3.05) is 6.54 Å². The Morgan fingerprint density at radius 3 is 2.56 bits per heavy atom. The van der Waals surface area contributed by atoms with Crippen molar-refractivity contribution in [2.45, 2.75) is 20.0 Å². The highest BCUT2D eigenvalue weighted by atomic mass is 35.5. The Bertz CT molecular complexity index is 909. The van der Waals surface area contributed by atoms with Crippen molar-refractivity contribution in [1.82, 2.24) is 5.32 Å². The second-order valence-corrected chi connectivity index (χ2v) is 6.77. The number of carbonyl (C=O) groups is 1. The number of hydrogen-bond donors (Lipinski definition) is 1. The third kappa shape index (κ3) is 5.60. The van der Waals surface area contributed by atoms with Crippen LogP contribution in [0.5, 0.6) is 5.75 Å². The largest absolute Gasteiger partial charge is 0.489 e. The van der Waals surface area contributed by atoms with Crippen molar-refractivity contribution in [2.24, 2.45) is 0 Å². The lowest BCUT2D eigenvalue weighted by Gasteiger charge is -2.14. The molecule has 0 atom stereocenters. The summed E-state index contributed by atoms with van der Waals surface area (Å²) in [7, 11) is 0. The number of halogens is 1. The lowest BCUT2D eigenvalue weighted by atomic mass is 9.97. The molecule has 3 aromatic rings. The third-order valence-corrected chi connectivity index (χ3v) is 4.47. The van der Waals surface area contributed by atoms with Crippen LogP contribution < -0.4 is 10.1 Å².